The van der Waals surface area contributed by atoms with E-state index in [0.29, 0.717) is 10.7 Å². The Bertz CT molecular complexity index is 660. The van der Waals surface area contributed by atoms with Gasteiger partial charge in [-0.2, -0.15) is 5.10 Å². The first-order valence-corrected chi connectivity index (χ1v) is 5.74. The lowest BCUT2D eigenvalue weighted by Gasteiger charge is -2.10. The molecular weight excluding hydrogens is 252 g/mol. The van der Waals surface area contributed by atoms with Gasteiger partial charge in [-0.3, -0.25) is 9.59 Å². The molecule has 18 heavy (non-hydrogen) atoms. The molecule has 0 bridgehead atoms. The molecule has 2 rings (SSSR count). The minimum absolute atomic E-state index is 0.0597. The van der Waals surface area contributed by atoms with Crippen molar-refractivity contribution in [2.24, 2.45) is 0 Å². The molecule has 0 aliphatic carbocycles. The summed E-state index contributed by atoms with van der Waals surface area (Å²) in [5, 5.41) is 4.70. The van der Waals surface area contributed by atoms with E-state index in [2.05, 4.69) is 5.10 Å². The third kappa shape index (κ3) is 2.33. The van der Waals surface area contributed by atoms with E-state index in [1.165, 1.54) is 13.0 Å². The number of aryl methyl sites for hydroxylation is 1. The van der Waals surface area contributed by atoms with E-state index < -0.39 is 0 Å². The number of nitrogens with zero attached hydrogens (tertiary/aromatic N) is 2. The van der Waals surface area contributed by atoms with E-state index in [0.717, 1.165) is 5.69 Å². The summed E-state index contributed by atoms with van der Waals surface area (Å²) in [5.41, 5.74) is 0.993. The fourth-order valence-electron chi connectivity index (χ4n) is 1.63. The summed E-state index contributed by atoms with van der Waals surface area (Å²) in [4.78, 5) is 22.9. The van der Waals surface area contributed by atoms with Gasteiger partial charge in [-0.05, 0) is 31.2 Å². The molecule has 4 nitrogen and oxygen atoms in total. The van der Waals surface area contributed by atoms with Crippen molar-refractivity contribution in [3.63, 3.8) is 0 Å². The van der Waals surface area contributed by atoms with Crippen LogP contribution in [-0.4, -0.2) is 15.6 Å². The SMILES string of the molecule is CC(=O)c1nn(-c2ccc(Cl)cc2)c(C)cc1=O. The van der Waals surface area contributed by atoms with Crippen LogP contribution in [0.5, 0.6) is 0 Å². The molecular formula is C13H11ClN2O2. The predicted octanol–water partition coefficient (Wildman–Crippen LogP) is 2.40. The van der Waals surface area contributed by atoms with Crippen LogP contribution in [0.25, 0.3) is 5.69 Å². The van der Waals surface area contributed by atoms with Crippen LogP contribution < -0.4 is 5.43 Å². The van der Waals surface area contributed by atoms with Gasteiger partial charge in [-0.1, -0.05) is 11.6 Å². The van der Waals surface area contributed by atoms with Gasteiger partial charge < -0.3 is 0 Å². The summed E-state index contributed by atoms with van der Waals surface area (Å²) in [6, 6.07) is 8.40. The third-order valence-corrected chi connectivity index (χ3v) is 2.76. The highest BCUT2D eigenvalue weighted by Crippen LogP contribution is 2.13. The molecule has 0 saturated heterocycles. The number of carbonyl (C=O) groups excluding carboxylic acids is 1. The van der Waals surface area contributed by atoms with Crippen molar-refractivity contribution in [1.29, 1.82) is 0 Å². The first kappa shape index (κ1) is 12.5. The molecule has 0 fully saturated rings. The monoisotopic (exact) mass is 262 g/mol. The topological polar surface area (TPSA) is 52.0 Å². The number of hydrogen-bond acceptors (Lipinski definition) is 3. The summed E-state index contributed by atoms with van der Waals surface area (Å²) in [5.74, 6) is -0.345. The second kappa shape index (κ2) is 4.74. The Morgan fingerprint density at radius 2 is 1.89 bits per heavy atom. The number of carbonyl (C=O) groups is 1. The molecule has 0 spiro atoms. The van der Waals surface area contributed by atoms with Crippen LogP contribution >= 0.6 is 11.6 Å². The number of rotatable bonds is 2. The van der Waals surface area contributed by atoms with Gasteiger partial charge in [-0.15, -0.1) is 0 Å². The van der Waals surface area contributed by atoms with Crippen LogP contribution in [0.15, 0.2) is 35.1 Å². The summed E-state index contributed by atoms with van der Waals surface area (Å²) in [6.45, 7) is 3.08. The highest BCUT2D eigenvalue weighted by Gasteiger charge is 2.11. The Kier molecular flexibility index (Phi) is 3.30. The molecule has 5 heteroatoms. The van der Waals surface area contributed by atoms with Crippen LogP contribution in [0.4, 0.5) is 0 Å². The molecule has 0 amide bonds. The maximum absolute atomic E-state index is 11.6. The van der Waals surface area contributed by atoms with E-state index in [4.69, 9.17) is 11.6 Å². The van der Waals surface area contributed by atoms with Crippen molar-refractivity contribution in [1.82, 2.24) is 9.78 Å². The molecule has 1 aromatic heterocycles. The highest BCUT2D eigenvalue weighted by atomic mass is 35.5. The van der Waals surface area contributed by atoms with Crippen molar-refractivity contribution in [3.8, 4) is 5.69 Å². The van der Waals surface area contributed by atoms with E-state index >= 15 is 0 Å². The number of halogens is 1. The standard InChI is InChI=1S/C13H11ClN2O2/c1-8-7-12(18)13(9(2)17)15-16(8)11-5-3-10(14)4-6-11/h3-7H,1-2H3. The Morgan fingerprint density at radius 1 is 1.28 bits per heavy atom. The molecule has 0 aliphatic rings. The summed E-state index contributed by atoms with van der Waals surface area (Å²) in [6.07, 6.45) is 0. The van der Waals surface area contributed by atoms with Gasteiger partial charge in [0.1, 0.15) is 0 Å². The number of hydrogen-bond donors (Lipinski definition) is 0. The molecule has 0 saturated carbocycles. The van der Waals surface area contributed by atoms with E-state index in [9.17, 15) is 9.59 Å². The minimum Gasteiger partial charge on any atom is -0.293 e. The summed E-state index contributed by atoms with van der Waals surface area (Å²) < 4.78 is 1.55. The van der Waals surface area contributed by atoms with Gasteiger partial charge in [0.25, 0.3) is 0 Å². The Labute approximate surface area is 109 Å². The minimum atomic E-state index is -0.356. The van der Waals surface area contributed by atoms with Crippen LogP contribution in [0.1, 0.15) is 23.1 Å². The molecule has 0 aliphatic heterocycles. The van der Waals surface area contributed by atoms with Gasteiger partial charge in [0.05, 0.1) is 5.69 Å². The van der Waals surface area contributed by atoms with Crippen LogP contribution in [-0.2, 0) is 0 Å². The quantitative estimate of drug-likeness (QED) is 0.781. The predicted molar refractivity (Wildman–Crippen MR) is 69.6 cm³/mol. The first-order chi connectivity index (χ1) is 8.49. The smallest absolute Gasteiger partial charge is 0.211 e. The zero-order chi connectivity index (χ0) is 13.3. The van der Waals surface area contributed by atoms with Gasteiger partial charge in [0, 0.05) is 23.7 Å². The zero-order valence-electron chi connectivity index (χ0n) is 9.98. The van der Waals surface area contributed by atoms with Gasteiger partial charge in [-0.25, -0.2) is 4.68 Å². The Balaban J connectivity index is 2.64. The van der Waals surface area contributed by atoms with Gasteiger partial charge >= 0.3 is 0 Å². The third-order valence-electron chi connectivity index (χ3n) is 2.51. The molecule has 0 N–H and O–H groups in total. The van der Waals surface area contributed by atoms with Crippen molar-refractivity contribution >= 4 is 17.4 Å². The number of ketones is 1. The van der Waals surface area contributed by atoms with E-state index in [-0.39, 0.29) is 16.9 Å². The Morgan fingerprint density at radius 3 is 2.44 bits per heavy atom. The summed E-state index contributed by atoms with van der Waals surface area (Å²) >= 11 is 5.81. The lowest BCUT2D eigenvalue weighted by Crippen LogP contribution is -2.21. The molecule has 1 heterocycles. The molecule has 0 unspecified atom stereocenters. The maximum Gasteiger partial charge on any atom is 0.211 e. The normalized spacial score (nSPS) is 10.4. The van der Waals surface area contributed by atoms with Gasteiger partial charge in [0.2, 0.25) is 5.43 Å². The fourth-order valence-corrected chi connectivity index (χ4v) is 1.76. The van der Waals surface area contributed by atoms with Crippen molar-refractivity contribution < 1.29 is 4.79 Å². The highest BCUT2D eigenvalue weighted by molar-refractivity contribution is 6.30. The molecule has 2 aromatic rings. The van der Waals surface area contributed by atoms with Crippen LogP contribution in [0.3, 0.4) is 0 Å². The summed E-state index contributed by atoms with van der Waals surface area (Å²) in [7, 11) is 0. The number of benzene rings is 1. The van der Waals surface area contributed by atoms with Crippen LogP contribution in [0.2, 0.25) is 5.02 Å². The molecule has 1 aromatic carbocycles. The Hall–Kier alpha value is -1.94. The largest absolute Gasteiger partial charge is 0.293 e. The molecule has 0 radical (unpaired) electrons. The van der Waals surface area contributed by atoms with E-state index in [1.807, 2.05) is 0 Å². The average molecular weight is 263 g/mol. The number of Topliss-reactive ketones (excluding diaryl/α,β-unsaturated/α-hetero) is 1. The molecule has 0 atom stereocenters. The van der Waals surface area contributed by atoms with Crippen molar-refractivity contribution in [3.05, 3.63) is 57.0 Å². The molecule has 92 valence electrons. The van der Waals surface area contributed by atoms with Crippen molar-refractivity contribution in [2.75, 3.05) is 0 Å². The van der Waals surface area contributed by atoms with E-state index in [1.54, 1.807) is 35.9 Å². The average Bonchev–Trinajstić information content (AvgIpc) is 2.30. The second-order valence-electron chi connectivity index (χ2n) is 3.94. The first-order valence-electron chi connectivity index (χ1n) is 5.37. The second-order valence-corrected chi connectivity index (χ2v) is 4.38. The van der Waals surface area contributed by atoms with Gasteiger partial charge in [0.15, 0.2) is 11.5 Å². The lowest BCUT2D eigenvalue weighted by molar-refractivity contribution is 0.101. The zero-order valence-corrected chi connectivity index (χ0v) is 10.7. The fraction of sp³-hybridized carbons (Fsp3) is 0.154. The lowest BCUT2D eigenvalue weighted by atomic mass is 10.2. The van der Waals surface area contributed by atoms with Crippen LogP contribution in [0, 0.1) is 6.92 Å². The maximum atomic E-state index is 11.6. The number of aromatic nitrogens is 2. The van der Waals surface area contributed by atoms with Crippen molar-refractivity contribution in [2.45, 2.75) is 13.8 Å².